The van der Waals surface area contributed by atoms with Crippen LogP contribution in [0.3, 0.4) is 0 Å². The molecule has 0 aliphatic heterocycles. The Hall–Kier alpha value is -2.37. The molecule has 2 unspecified atom stereocenters. The molecule has 7 nitrogen and oxygen atoms in total. The highest BCUT2D eigenvalue weighted by molar-refractivity contribution is 5.96. The number of rotatable bonds is 8. The van der Waals surface area contributed by atoms with E-state index >= 15 is 0 Å². The van der Waals surface area contributed by atoms with Crippen LogP contribution in [0.4, 0.5) is 0 Å². The fourth-order valence-corrected chi connectivity index (χ4v) is 2.13. The van der Waals surface area contributed by atoms with Crippen molar-refractivity contribution < 1.29 is 19.4 Å². The summed E-state index contributed by atoms with van der Waals surface area (Å²) in [6.07, 6.45) is -0.762. The average Bonchev–Trinajstić information content (AvgIpc) is 2.48. The smallest absolute Gasteiger partial charge is 0.313 e. The summed E-state index contributed by atoms with van der Waals surface area (Å²) in [7, 11) is 0. The molecule has 7 heteroatoms. The number of ether oxygens (including phenoxy) is 1. The first-order valence-electron chi connectivity index (χ1n) is 6.93. The SMILES string of the molecule is CCOC(=O)CC(=O)CC(O)(c1ccccc1)C(C)N=[N+]=[N-]. The van der Waals surface area contributed by atoms with E-state index in [0.717, 1.165) is 0 Å². The zero-order chi connectivity index (χ0) is 16.6. The summed E-state index contributed by atoms with van der Waals surface area (Å²) in [6.45, 7) is 3.35. The summed E-state index contributed by atoms with van der Waals surface area (Å²) < 4.78 is 4.72. The highest BCUT2D eigenvalue weighted by Gasteiger charge is 2.37. The second-order valence-corrected chi connectivity index (χ2v) is 4.87. The molecule has 0 radical (unpaired) electrons. The van der Waals surface area contributed by atoms with Crippen LogP contribution in [0.5, 0.6) is 0 Å². The third-order valence-corrected chi connectivity index (χ3v) is 3.30. The van der Waals surface area contributed by atoms with E-state index in [1.54, 1.807) is 37.3 Å². The number of ketones is 1. The van der Waals surface area contributed by atoms with E-state index in [-0.39, 0.29) is 13.0 Å². The molecule has 0 saturated heterocycles. The number of azide groups is 1. The topological polar surface area (TPSA) is 112 Å². The predicted octanol–water partition coefficient (Wildman–Crippen LogP) is 2.49. The maximum atomic E-state index is 12.0. The molecule has 0 fully saturated rings. The maximum absolute atomic E-state index is 12.0. The lowest BCUT2D eigenvalue weighted by molar-refractivity contribution is -0.146. The fraction of sp³-hybridized carbons (Fsp3) is 0.467. The molecule has 1 N–H and O–H groups in total. The molecule has 1 aromatic carbocycles. The summed E-state index contributed by atoms with van der Waals surface area (Å²) in [5.74, 6) is -1.12. The quantitative estimate of drug-likeness (QED) is 0.261. The van der Waals surface area contributed by atoms with Gasteiger partial charge in [-0.25, -0.2) is 0 Å². The Bertz CT molecular complexity index is 569. The van der Waals surface area contributed by atoms with E-state index < -0.39 is 29.8 Å². The van der Waals surface area contributed by atoms with Gasteiger partial charge >= 0.3 is 5.97 Å². The Balaban J connectivity index is 2.99. The molecule has 0 spiro atoms. The van der Waals surface area contributed by atoms with Crippen molar-refractivity contribution in [1.82, 2.24) is 0 Å². The highest BCUT2D eigenvalue weighted by Crippen LogP contribution is 2.31. The normalized spacial score (nSPS) is 14.3. The molecular formula is C15H19N3O4. The molecule has 1 rings (SSSR count). The van der Waals surface area contributed by atoms with Gasteiger partial charge in [0.15, 0.2) is 0 Å². The number of esters is 1. The first-order valence-corrected chi connectivity index (χ1v) is 6.93. The molecule has 2 atom stereocenters. The van der Waals surface area contributed by atoms with Crippen LogP contribution in [0, 0.1) is 0 Å². The lowest BCUT2D eigenvalue weighted by Crippen LogP contribution is -2.39. The second kappa shape index (κ2) is 8.17. The van der Waals surface area contributed by atoms with Crippen LogP contribution in [0.25, 0.3) is 10.4 Å². The van der Waals surface area contributed by atoms with Crippen molar-refractivity contribution in [3.8, 4) is 0 Å². The zero-order valence-corrected chi connectivity index (χ0v) is 12.6. The molecular weight excluding hydrogens is 286 g/mol. The van der Waals surface area contributed by atoms with Gasteiger partial charge < -0.3 is 9.84 Å². The van der Waals surface area contributed by atoms with Gasteiger partial charge in [0.1, 0.15) is 17.8 Å². The minimum atomic E-state index is -1.67. The number of nitrogens with zero attached hydrogens (tertiary/aromatic N) is 3. The van der Waals surface area contributed by atoms with Crippen LogP contribution >= 0.6 is 0 Å². The Morgan fingerprint density at radius 1 is 1.41 bits per heavy atom. The van der Waals surface area contributed by atoms with E-state index in [1.807, 2.05) is 0 Å². The van der Waals surface area contributed by atoms with Crippen molar-refractivity contribution >= 4 is 11.8 Å². The van der Waals surface area contributed by atoms with Gasteiger partial charge in [-0.15, -0.1) is 0 Å². The Kier molecular flexibility index (Phi) is 6.56. The number of aliphatic hydroxyl groups is 1. The number of Topliss-reactive ketones (excluding diaryl/α,β-unsaturated/α-hetero) is 1. The van der Waals surface area contributed by atoms with Crippen molar-refractivity contribution in [3.05, 3.63) is 46.3 Å². The summed E-state index contributed by atoms with van der Waals surface area (Å²) in [5.41, 5.74) is 7.37. The lowest BCUT2D eigenvalue weighted by atomic mass is 9.82. The molecule has 0 aliphatic rings. The summed E-state index contributed by atoms with van der Waals surface area (Å²) in [5, 5.41) is 14.4. The number of benzene rings is 1. The second-order valence-electron chi connectivity index (χ2n) is 4.87. The van der Waals surface area contributed by atoms with E-state index in [2.05, 4.69) is 10.0 Å². The minimum Gasteiger partial charge on any atom is -0.466 e. The van der Waals surface area contributed by atoms with Crippen LogP contribution in [0.1, 0.15) is 32.3 Å². The summed E-state index contributed by atoms with van der Waals surface area (Å²) >= 11 is 0. The zero-order valence-electron chi connectivity index (χ0n) is 12.6. The van der Waals surface area contributed by atoms with Crippen molar-refractivity contribution in [3.63, 3.8) is 0 Å². The van der Waals surface area contributed by atoms with Gasteiger partial charge in [0, 0.05) is 11.3 Å². The van der Waals surface area contributed by atoms with Crippen molar-refractivity contribution in [2.45, 2.75) is 38.3 Å². The number of hydrogen-bond donors (Lipinski definition) is 1. The monoisotopic (exact) mass is 305 g/mol. The predicted molar refractivity (Wildman–Crippen MR) is 79.8 cm³/mol. The van der Waals surface area contributed by atoms with Crippen LogP contribution in [-0.4, -0.2) is 29.5 Å². The standard InChI is InChI=1S/C15H19N3O4/c1-3-22-14(20)9-13(19)10-15(21,11(2)17-18-16)12-7-5-4-6-8-12/h4-8,11,21H,3,9-10H2,1-2H3. The molecule has 0 aliphatic carbocycles. The largest absolute Gasteiger partial charge is 0.466 e. The number of carbonyl (C=O) groups is 2. The third kappa shape index (κ3) is 4.58. The average molecular weight is 305 g/mol. The Morgan fingerprint density at radius 2 is 2.05 bits per heavy atom. The molecule has 22 heavy (non-hydrogen) atoms. The molecule has 1 aromatic rings. The number of hydrogen-bond acceptors (Lipinski definition) is 5. The van der Waals surface area contributed by atoms with E-state index in [1.165, 1.54) is 6.92 Å². The molecule has 0 amide bonds. The first-order chi connectivity index (χ1) is 10.4. The summed E-state index contributed by atoms with van der Waals surface area (Å²) in [6, 6.07) is 7.59. The van der Waals surface area contributed by atoms with E-state index in [4.69, 9.17) is 10.3 Å². The van der Waals surface area contributed by atoms with Gasteiger partial charge in [-0.2, -0.15) is 0 Å². The van der Waals surface area contributed by atoms with Gasteiger partial charge in [0.05, 0.1) is 12.6 Å². The summed E-state index contributed by atoms with van der Waals surface area (Å²) in [4.78, 5) is 26.1. The highest BCUT2D eigenvalue weighted by atomic mass is 16.5. The van der Waals surface area contributed by atoms with Gasteiger partial charge in [-0.1, -0.05) is 42.4 Å². The van der Waals surface area contributed by atoms with Crippen LogP contribution in [0.15, 0.2) is 35.4 Å². The van der Waals surface area contributed by atoms with Crippen LogP contribution in [-0.2, 0) is 19.9 Å². The fourth-order valence-electron chi connectivity index (χ4n) is 2.13. The molecule has 0 heterocycles. The Labute approximate surface area is 128 Å². The van der Waals surface area contributed by atoms with E-state index in [9.17, 15) is 14.7 Å². The third-order valence-electron chi connectivity index (χ3n) is 3.30. The first kappa shape index (κ1) is 17.7. The molecule has 118 valence electrons. The van der Waals surface area contributed by atoms with E-state index in [0.29, 0.717) is 5.56 Å². The van der Waals surface area contributed by atoms with Gasteiger partial charge in [0.25, 0.3) is 0 Å². The van der Waals surface area contributed by atoms with Crippen molar-refractivity contribution in [1.29, 1.82) is 0 Å². The minimum absolute atomic E-state index is 0.185. The maximum Gasteiger partial charge on any atom is 0.313 e. The van der Waals surface area contributed by atoms with Gasteiger partial charge in [-0.05, 0) is 18.0 Å². The molecule has 0 bridgehead atoms. The van der Waals surface area contributed by atoms with Crippen molar-refractivity contribution in [2.24, 2.45) is 5.11 Å². The molecule has 0 aromatic heterocycles. The van der Waals surface area contributed by atoms with Crippen LogP contribution in [0.2, 0.25) is 0 Å². The number of carbonyl (C=O) groups excluding carboxylic acids is 2. The van der Waals surface area contributed by atoms with Crippen molar-refractivity contribution in [2.75, 3.05) is 6.61 Å². The van der Waals surface area contributed by atoms with Gasteiger partial charge in [-0.3, -0.25) is 9.59 Å². The van der Waals surface area contributed by atoms with Gasteiger partial charge in [0.2, 0.25) is 0 Å². The lowest BCUT2D eigenvalue weighted by Gasteiger charge is -2.31. The Morgan fingerprint density at radius 3 is 2.59 bits per heavy atom. The van der Waals surface area contributed by atoms with Crippen LogP contribution < -0.4 is 0 Å². The molecule has 0 saturated carbocycles.